The molecule has 0 amide bonds. The van der Waals surface area contributed by atoms with Crippen LogP contribution in [0.3, 0.4) is 0 Å². The molecule has 2 aromatic heterocycles. The zero-order chi connectivity index (χ0) is 14.0. The molecular weight excluding hydrogens is 258 g/mol. The van der Waals surface area contributed by atoms with Crippen LogP contribution in [-0.4, -0.2) is 19.9 Å². The van der Waals surface area contributed by atoms with E-state index in [4.69, 9.17) is 5.73 Å². The van der Waals surface area contributed by atoms with Crippen LogP contribution in [0.15, 0.2) is 16.5 Å². The topological polar surface area (TPSA) is 77.6 Å². The summed E-state index contributed by atoms with van der Waals surface area (Å²) in [6, 6.07) is 0. The molecule has 0 bridgehead atoms. The van der Waals surface area contributed by atoms with Crippen LogP contribution in [0.25, 0.3) is 0 Å². The van der Waals surface area contributed by atoms with Crippen molar-refractivity contribution in [2.45, 2.75) is 44.3 Å². The number of anilines is 1. The summed E-state index contributed by atoms with van der Waals surface area (Å²) in [5, 5.41) is 1.53. The number of aromatic nitrogens is 4. The van der Waals surface area contributed by atoms with Gasteiger partial charge in [0.05, 0.1) is 0 Å². The summed E-state index contributed by atoms with van der Waals surface area (Å²) in [7, 11) is 0. The molecule has 0 aliphatic rings. The monoisotopic (exact) mass is 275 g/mol. The van der Waals surface area contributed by atoms with E-state index in [-0.39, 0.29) is 0 Å². The van der Waals surface area contributed by atoms with Crippen molar-refractivity contribution in [2.75, 3.05) is 5.73 Å². The van der Waals surface area contributed by atoms with Gasteiger partial charge in [-0.15, -0.1) is 0 Å². The molecule has 2 heterocycles. The van der Waals surface area contributed by atoms with Gasteiger partial charge in [0, 0.05) is 17.0 Å². The van der Waals surface area contributed by atoms with Crippen molar-refractivity contribution in [1.82, 2.24) is 19.9 Å². The van der Waals surface area contributed by atoms with Crippen LogP contribution in [-0.2, 0) is 6.42 Å². The summed E-state index contributed by atoms with van der Waals surface area (Å²) in [5.41, 5.74) is 9.93. The lowest BCUT2D eigenvalue weighted by atomic mass is 10.2. The van der Waals surface area contributed by atoms with Crippen molar-refractivity contribution in [1.29, 1.82) is 0 Å². The van der Waals surface area contributed by atoms with Gasteiger partial charge in [0.15, 0.2) is 5.16 Å². The van der Waals surface area contributed by atoms with Gasteiger partial charge < -0.3 is 5.73 Å². The molecular formula is C13H17N5S. The van der Waals surface area contributed by atoms with E-state index in [0.717, 1.165) is 34.0 Å². The molecule has 0 aliphatic heterocycles. The summed E-state index contributed by atoms with van der Waals surface area (Å²) < 4.78 is 0. The largest absolute Gasteiger partial charge is 0.383 e. The lowest BCUT2D eigenvalue weighted by Crippen LogP contribution is -2.02. The van der Waals surface area contributed by atoms with Crippen LogP contribution >= 0.6 is 11.8 Å². The van der Waals surface area contributed by atoms with E-state index in [9.17, 15) is 0 Å². The molecule has 100 valence electrons. The number of nitrogen functional groups attached to an aromatic ring is 1. The van der Waals surface area contributed by atoms with Crippen molar-refractivity contribution >= 4 is 17.6 Å². The first-order valence-corrected chi connectivity index (χ1v) is 6.93. The Bertz CT molecular complexity index is 589. The second-order valence-electron chi connectivity index (χ2n) is 4.30. The zero-order valence-corrected chi connectivity index (χ0v) is 12.4. The van der Waals surface area contributed by atoms with Gasteiger partial charge in [0.1, 0.15) is 17.2 Å². The van der Waals surface area contributed by atoms with Gasteiger partial charge in [-0.1, -0.05) is 6.92 Å². The van der Waals surface area contributed by atoms with Crippen LogP contribution in [0.5, 0.6) is 0 Å². The van der Waals surface area contributed by atoms with Crippen molar-refractivity contribution in [3.63, 3.8) is 0 Å². The van der Waals surface area contributed by atoms with Crippen LogP contribution in [0.1, 0.15) is 29.4 Å². The fourth-order valence-corrected chi connectivity index (χ4v) is 2.71. The second-order valence-corrected chi connectivity index (χ2v) is 5.26. The first kappa shape index (κ1) is 13.7. The molecule has 0 atom stereocenters. The molecule has 2 N–H and O–H groups in total. The lowest BCUT2D eigenvalue weighted by molar-refractivity contribution is 0.872. The number of hydrogen-bond acceptors (Lipinski definition) is 6. The molecule has 0 radical (unpaired) electrons. The van der Waals surface area contributed by atoms with E-state index in [0.29, 0.717) is 11.0 Å². The normalized spacial score (nSPS) is 10.7. The van der Waals surface area contributed by atoms with Crippen molar-refractivity contribution in [3.05, 3.63) is 28.8 Å². The molecule has 0 saturated heterocycles. The maximum absolute atomic E-state index is 5.86. The standard InChI is InChI=1S/C13H17N5S/c1-5-10-11(14)15-6-16-12(10)19-13-17-8(3)7(2)9(4)18-13/h6H,5H2,1-4H3,(H2,14,15,16). The molecule has 0 spiro atoms. The Morgan fingerprint density at radius 3 is 2.32 bits per heavy atom. The molecule has 6 heteroatoms. The Kier molecular flexibility index (Phi) is 3.99. The fourth-order valence-electron chi connectivity index (χ4n) is 1.70. The minimum absolute atomic E-state index is 0.528. The van der Waals surface area contributed by atoms with Gasteiger partial charge in [-0.05, 0) is 44.5 Å². The first-order chi connectivity index (χ1) is 9.02. The van der Waals surface area contributed by atoms with E-state index in [1.807, 2.05) is 27.7 Å². The molecule has 0 saturated carbocycles. The maximum atomic E-state index is 5.86. The van der Waals surface area contributed by atoms with Gasteiger partial charge in [-0.25, -0.2) is 19.9 Å². The average Bonchev–Trinajstić information content (AvgIpc) is 2.36. The Morgan fingerprint density at radius 1 is 1.11 bits per heavy atom. The van der Waals surface area contributed by atoms with Gasteiger partial charge in [0.25, 0.3) is 0 Å². The highest BCUT2D eigenvalue weighted by Crippen LogP contribution is 2.29. The number of rotatable bonds is 3. The zero-order valence-electron chi connectivity index (χ0n) is 11.6. The summed E-state index contributed by atoms with van der Waals surface area (Å²) in [6.07, 6.45) is 2.27. The number of aryl methyl sites for hydroxylation is 2. The van der Waals surface area contributed by atoms with Gasteiger partial charge in [0.2, 0.25) is 0 Å². The minimum atomic E-state index is 0.528. The summed E-state index contributed by atoms with van der Waals surface area (Å²) in [5.74, 6) is 0.528. The van der Waals surface area contributed by atoms with Gasteiger partial charge >= 0.3 is 0 Å². The SMILES string of the molecule is CCc1c(N)ncnc1Sc1nc(C)c(C)c(C)n1. The third-order valence-corrected chi connectivity index (χ3v) is 4.00. The van der Waals surface area contributed by atoms with Crippen molar-refractivity contribution < 1.29 is 0 Å². The van der Waals surface area contributed by atoms with Crippen molar-refractivity contribution in [2.24, 2.45) is 0 Å². The Labute approximate surface area is 117 Å². The molecule has 0 fully saturated rings. The quantitative estimate of drug-likeness (QED) is 0.685. The van der Waals surface area contributed by atoms with Gasteiger partial charge in [-0.2, -0.15) is 0 Å². The highest BCUT2D eigenvalue weighted by atomic mass is 32.2. The molecule has 2 rings (SSSR count). The first-order valence-electron chi connectivity index (χ1n) is 6.12. The molecule has 0 unspecified atom stereocenters. The highest BCUT2D eigenvalue weighted by molar-refractivity contribution is 7.99. The highest BCUT2D eigenvalue weighted by Gasteiger charge is 2.12. The predicted molar refractivity (Wildman–Crippen MR) is 76.2 cm³/mol. The summed E-state index contributed by atoms with van der Waals surface area (Å²) in [6.45, 7) is 8.04. The van der Waals surface area contributed by atoms with Crippen molar-refractivity contribution in [3.8, 4) is 0 Å². The van der Waals surface area contributed by atoms with Gasteiger partial charge in [-0.3, -0.25) is 0 Å². The number of nitrogens with zero attached hydrogens (tertiary/aromatic N) is 4. The van der Waals surface area contributed by atoms with E-state index in [2.05, 4.69) is 19.9 Å². The summed E-state index contributed by atoms with van der Waals surface area (Å²) in [4.78, 5) is 17.3. The molecule has 19 heavy (non-hydrogen) atoms. The Morgan fingerprint density at radius 2 is 1.74 bits per heavy atom. The summed E-state index contributed by atoms with van der Waals surface area (Å²) >= 11 is 1.44. The maximum Gasteiger partial charge on any atom is 0.194 e. The predicted octanol–water partition coefficient (Wildman–Crippen LogP) is 2.49. The molecule has 0 aliphatic carbocycles. The third-order valence-electron chi connectivity index (χ3n) is 3.09. The Balaban J connectivity index is 2.39. The number of nitrogens with two attached hydrogens (primary N) is 1. The Hall–Kier alpha value is -1.69. The van der Waals surface area contributed by atoms with E-state index in [1.54, 1.807) is 0 Å². The molecule has 2 aromatic rings. The average molecular weight is 275 g/mol. The van der Waals surface area contributed by atoms with E-state index < -0.39 is 0 Å². The molecule has 0 aromatic carbocycles. The van der Waals surface area contributed by atoms with Crippen LogP contribution in [0, 0.1) is 20.8 Å². The second kappa shape index (κ2) is 5.52. The van der Waals surface area contributed by atoms with Crippen LogP contribution in [0.2, 0.25) is 0 Å². The molecule has 5 nitrogen and oxygen atoms in total. The van der Waals surface area contributed by atoms with E-state index >= 15 is 0 Å². The smallest absolute Gasteiger partial charge is 0.194 e. The lowest BCUT2D eigenvalue weighted by Gasteiger charge is -2.09. The minimum Gasteiger partial charge on any atom is -0.383 e. The fraction of sp³-hybridized carbons (Fsp3) is 0.385. The van der Waals surface area contributed by atoms with Crippen LogP contribution in [0.4, 0.5) is 5.82 Å². The number of hydrogen-bond donors (Lipinski definition) is 1. The third kappa shape index (κ3) is 2.84. The van der Waals surface area contributed by atoms with E-state index in [1.165, 1.54) is 18.1 Å². The van der Waals surface area contributed by atoms with Crippen LogP contribution < -0.4 is 5.73 Å².